The first-order chi connectivity index (χ1) is 15.6. The van der Waals surface area contributed by atoms with Gasteiger partial charge in [0.2, 0.25) is 3.79 Å². The monoisotopic (exact) mass is 536 g/mol. The fourth-order valence-electron chi connectivity index (χ4n) is 3.07. The molecule has 3 rings (SSSR count). The lowest BCUT2D eigenvalue weighted by Crippen LogP contribution is -2.71. The van der Waals surface area contributed by atoms with Crippen LogP contribution in [0, 0.1) is 0 Å². The number of benzene rings is 1. The van der Waals surface area contributed by atoms with Crippen LogP contribution in [0.4, 0.5) is 0 Å². The summed E-state index contributed by atoms with van der Waals surface area (Å²) < 4.78 is 13.6. The number of carbonyl (C=O) groups excluding carboxylic acids is 4. The van der Waals surface area contributed by atoms with E-state index in [1.165, 1.54) is 23.6 Å². The number of β-lactam (4-membered cyclic amide) rings is 1. The van der Waals surface area contributed by atoms with E-state index in [2.05, 4.69) is 5.32 Å². The molecule has 2 aliphatic heterocycles. The molecule has 0 radical (unpaired) electrons. The number of ether oxygens (including phenoxy) is 3. The lowest BCUT2D eigenvalue weighted by molar-refractivity contribution is -0.153. The number of carbonyl (C=O) groups is 4. The summed E-state index contributed by atoms with van der Waals surface area (Å²) in [6, 6.07) is 7.88. The largest absolute Gasteiger partial charge is 0.484 e. The smallest absolute Gasteiger partial charge is 0.355 e. The van der Waals surface area contributed by atoms with Gasteiger partial charge in [0.1, 0.15) is 36.1 Å². The third-order valence-electron chi connectivity index (χ3n) is 4.49. The molecule has 0 saturated carbocycles. The summed E-state index contributed by atoms with van der Waals surface area (Å²) in [7, 11) is 0. The summed E-state index contributed by atoms with van der Waals surface area (Å²) in [5.41, 5.74) is 0.275. The molecule has 178 valence electrons. The normalized spacial score (nSPS) is 19.9. The van der Waals surface area contributed by atoms with Crippen molar-refractivity contribution in [1.29, 1.82) is 0 Å². The van der Waals surface area contributed by atoms with Gasteiger partial charge < -0.3 is 19.5 Å². The Bertz CT molecular complexity index is 968. The quantitative estimate of drug-likeness (QED) is 0.305. The van der Waals surface area contributed by atoms with Crippen LogP contribution < -0.4 is 10.1 Å². The molecule has 2 aliphatic rings. The van der Waals surface area contributed by atoms with Crippen molar-refractivity contribution in [2.75, 3.05) is 25.6 Å². The second-order valence-electron chi connectivity index (χ2n) is 6.98. The maximum Gasteiger partial charge on any atom is 0.355 e. The molecule has 9 nitrogen and oxygen atoms in total. The first kappa shape index (κ1) is 25.5. The highest BCUT2D eigenvalue weighted by atomic mass is 35.6. The lowest BCUT2D eigenvalue weighted by atomic mass is 10.0. The van der Waals surface area contributed by atoms with Gasteiger partial charge in [-0.1, -0.05) is 53.0 Å². The van der Waals surface area contributed by atoms with Crippen LogP contribution >= 0.6 is 46.6 Å². The van der Waals surface area contributed by atoms with Crippen molar-refractivity contribution in [3.05, 3.63) is 41.6 Å². The van der Waals surface area contributed by atoms with Crippen molar-refractivity contribution < 1.29 is 33.4 Å². The first-order valence-electron chi connectivity index (χ1n) is 9.58. The molecule has 1 saturated heterocycles. The van der Waals surface area contributed by atoms with Gasteiger partial charge in [-0.3, -0.25) is 19.3 Å². The zero-order valence-electron chi connectivity index (χ0n) is 17.2. The molecule has 2 heterocycles. The third-order valence-corrected chi connectivity index (χ3v) is 6.15. The topological polar surface area (TPSA) is 111 Å². The summed E-state index contributed by atoms with van der Waals surface area (Å²) in [4.78, 5) is 50.3. The molecule has 13 heteroatoms. The summed E-state index contributed by atoms with van der Waals surface area (Å²) in [5, 5.41) is 2.06. The molecule has 1 N–H and O–H groups in total. The van der Waals surface area contributed by atoms with Crippen molar-refractivity contribution in [3.8, 4) is 5.75 Å². The summed E-state index contributed by atoms with van der Waals surface area (Å²) in [6.45, 7) is 0.186. The molecular formula is C20H19Cl3N2O7S. The molecule has 2 amide bonds. The number of halogens is 3. The van der Waals surface area contributed by atoms with Crippen molar-refractivity contribution >= 4 is 70.3 Å². The van der Waals surface area contributed by atoms with E-state index in [0.717, 1.165) is 0 Å². The molecule has 1 fully saturated rings. The Kier molecular flexibility index (Phi) is 8.38. The minimum absolute atomic E-state index is 0.0923. The van der Waals surface area contributed by atoms with Gasteiger partial charge in [-0.2, -0.15) is 0 Å². The number of hydrogen-bond donors (Lipinski definition) is 1. The van der Waals surface area contributed by atoms with Crippen LogP contribution in [-0.4, -0.2) is 69.4 Å². The number of hydrogen-bond acceptors (Lipinski definition) is 8. The second-order valence-corrected chi connectivity index (χ2v) is 10.6. The van der Waals surface area contributed by atoms with Crippen LogP contribution in [0.3, 0.4) is 0 Å². The third kappa shape index (κ3) is 6.69. The van der Waals surface area contributed by atoms with E-state index in [1.54, 1.807) is 24.3 Å². The maximum atomic E-state index is 12.8. The van der Waals surface area contributed by atoms with Gasteiger partial charge in [0.05, 0.1) is 0 Å². The fraction of sp³-hybridized carbons (Fsp3) is 0.400. The SMILES string of the molecule is CC(=O)OCC1=C(C(=O)OCC(Cl)(Cl)Cl)N2C(=O)[C@@H](NC(=O)COc3ccccc3)[C@H]2SC1. The number of amides is 2. The Balaban J connectivity index is 1.68. The Morgan fingerprint density at radius 2 is 1.88 bits per heavy atom. The summed E-state index contributed by atoms with van der Waals surface area (Å²) in [5.74, 6) is -1.71. The molecular weight excluding hydrogens is 519 g/mol. The predicted octanol–water partition coefficient (Wildman–Crippen LogP) is 2.20. The van der Waals surface area contributed by atoms with Crippen LogP contribution in [0.1, 0.15) is 6.92 Å². The average Bonchev–Trinajstić information content (AvgIpc) is 2.77. The number of fused-ring (bicyclic) bond motifs is 1. The number of para-hydroxylation sites is 1. The fourth-order valence-corrected chi connectivity index (χ4v) is 4.56. The van der Waals surface area contributed by atoms with Gasteiger partial charge in [-0.15, -0.1) is 11.8 Å². The molecule has 0 unspecified atom stereocenters. The maximum absolute atomic E-state index is 12.8. The number of rotatable bonds is 8. The predicted molar refractivity (Wildman–Crippen MR) is 122 cm³/mol. The first-order valence-corrected chi connectivity index (χ1v) is 11.8. The Hall–Kier alpha value is -2.14. The molecule has 33 heavy (non-hydrogen) atoms. The highest BCUT2D eigenvalue weighted by molar-refractivity contribution is 8.00. The van der Waals surface area contributed by atoms with E-state index < -0.39 is 45.6 Å². The zero-order valence-corrected chi connectivity index (χ0v) is 20.3. The van der Waals surface area contributed by atoms with Crippen LogP contribution in [0.25, 0.3) is 0 Å². The van der Waals surface area contributed by atoms with Gasteiger partial charge in [-0.05, 0) is 12.1 Å². The van der Waals surface area contributed by atoms with Crippen LogP contribution in [0.2, 0.25) is 0 Å². The molecule has 1 aromatic carbocycles. The van der Waals surface area contributed by atoms with Crippen LogP contribution in [0.15, 0.2) is 41.6 Å². The average molecular weight is 538 g/mol. The number of nitrogens with one attached hydrogen (secondary N) is 1. The number of alkyl halides is 3. The highest BCUT2D eigenvalue weighted by Crippen LogP contribution is 2.41. The van der Waals surface area contributed by atoms with Gasteiger partial charge >= 0.3 is 11.9 Å². The van der Waals surface area contributed by atoms with Crippen molar-refractivity contribution in [2.24, 2.45) is 0 Å². The second kappa shape index (κ2) is 10.9. The highest BCUT2D eigenvalue weighted by Gasteiger charge is 2.54. The summed E-state index contributed by atoms with van der Waals surface area (Å²) in [6.07, 6.45) is 0. The molecule has 0 aliphatic carbocycles. The molecule has 0 spiro atoms. The van der Waals surface area contributed by atoms with Gasteiger partial charge in [0.25, 0.3) is 11.8 Å². The van der Waals surface area contributed by atoms with E-state index >= 15 is 0 Å². The molecule has 1 aromatic rings. The van der Waals surface area contributed by atoms with Gasteiger partial charge in [0, 0.05) is 18.2 Å². The Morgan fingerprint density at radius 1 is 1.18 bits per heavy atom. The number of esters is 2. The van der Waals surface area contributed by atoms with E-state index in [0.29, 0.717) is 11.3 Å². The molecule has 0 aromatic heterocycles. The van der Waals surface area contributed by atoms with E-state index in [-0.39, 0.29) is 24.7 Å². The van der Waals surface area contributed by atoms with Crippen LogP contribution in [0.5, 0.6) is 5.75 Å². The van der Waals surface area contributed by atoms with Gasteiger partial charge in [-0.25, -0.2) is 4.79 Å². The summed E-state index contributed by atoms with van der Waals surface area (Å²) >= 11 is 18.2. The Morgan fingerprint density at radius 3 is 2.52 bits per heavy atom. The Labute approximate surface area is 208 Å². The van der Waals surface area contributed by atoms with Crippen molar-refractivity contribution in [1.82, 2.24) is 10.2 Å². The lowest BCUT2D eigenvalue weighted by Gasteiger charge is -2.49. The standard InChI is InChI=1S/C20H19Cl3N2O7S/c1-11(26)30-7-12-9-33-18-15(24-14(27)8-31-13-5-3-2-4-6-13)17(28)25(18)16(12)19(29)32-10-20(21,22)23/h2-6,15,18H,7-10H2,1H3,(H,24,27)/t15-,18-/m1/s1. The number of thioether (sulfide) groups is 1. The van der Waals surface area contributed by atoms with Gasteiger partial charge in [0.15, 0.2) is 6.61 Å². The molecule has 2 atom stereocenters. The van der Waals surface area contributed by atoms with Crippen molar-refractivity contribution in [3.63, 3.8) is 0 Å². The number of nitrogens with zero attached hydrogens (tertiary/aromatic N) is 1. The minimum Gasteiger partial charge on any atom is -0.484 e. The van der Waals surface area contributed by atoms with E-state index in [1.807, 2.05) is 6.07 Å². The zero-order chi connectivity index (χ0) is 24.2. The minimum atomic E-state index is -1.84. The van der Waals surface area contributed by atoms with E-state index in [4.69, 9.17) is 49.0 Å². The molecule has 0 bridgehead atoms. The van der Waals surface area contributed by atoms with E-state index in [9.17, 15) is 19.2 Å². The van der Waals surface area contributed by atoms with Crippen molar-refractivity contribution in [2.45, 2.75) is 22.1 Å². The van der Waals surface area contributed by atoms with Crippen LogP contribution in [-0.2, 0) is 28.7 Å².